The van der Waals surface area contributed by atoms with Crippen LogP contribution >= 0.6 is 11.8 Å². The number of aliphatic hydroxyl groups excluding tert-OH is 6. The number of carbonyl (C=O) groups excluding carboxylic acids is 1. The molecule has 0 aromatic carbocycles. The van der Waals surface area contributed by atoms with E-state index in [9.17, 15) is 30.3 Å². The van der Waals surface area contributed by atoms with Gasteiger partial charge in [0.2, 0.25) is 5.91 Å². The summed E-state index contributed by atoms with van der Waals surface area (Å²) in [4.78, 5) is 12.8. The minimum absolute atomic E-state index is 0.270. The van der Waals surface area contributed by atoms with Crippen LogP contribution in [0.2, 0.25) is 0 Å². The van der Waals surface area contributed by atoms with E-state index in [1.165, 1.54) is 11.8 Å². The van der Waals surface area contributed by atoms with Crippen molar-refractivity contribution in [1.82, 2.24) is 4.90 Å². The molecule has 1 aliphatic heterocycles. The normalized spacial score (nSPS) is 29.1. The fraction of sp³-hybridized carbons (Fsp3) is 0.909. The summed E-state index contributed by atoms with van der Waals surface area (Å²) in [5.41, 5.74) is 0. The topological polar surface area (TPSA) is 142 Å². The molecule has 1 saturated heterocycles. The lowest BCUT2D eigenvalue weighted by atomic mass is 10.0. The Balaban J connectivity index is 2.80. The van der Waals surface area contributed by atoms with Crippen LogP contribution in [0.25, 0.3) is 0 Å². The van der Waals surface area contributed by atoms with Crippen LogP contribution in [0, 0.1) is 0 Å². The van der Waals surface area contributed by atoms with Gasteiger partial charge in [-0.25, -0.2) is 0 Å². The van der Waals surface area contributed by atoms with Crippen molar-refractivity contribution in [3.05, 3.63) is 0 Å². The van der Waals surface area contributed by atoms with Crippen LogP contribution < -0.4 is 0 Å². The SMILES string of the molecule is CC(=O)N1[C@H](CO)CS[C@@H]1[C@H](O)[C@H](O)[C@@H](O)[C@@H](O)CO. The molecule has 0 unspecified atom stereocenters. The van der Waals surface area contributed by atoms with Crippen LogP contribution in [-0.2, 0) is 4.79 Å². The molecule has 0 spiro atoms. The lowest BCUT2D eigenvalue weighted by Crippen LogP contribution is -2.54. The van der Waals surface area contributed by atoms with Crippen molar-refractivity contribution < 1.29 is 35.4 Å². The van der Waals surface area contributed by atoms with Gasteiger partial charge in [0.25, 0.3) is 0 Å². The maximum absolute atomic E-state index is 11.6. The van der Waals surface area contributed by atoms with E-state index in [1.807, 2.05) is 0 Å². The number of hydrogen-bond acceptors (Lipinski definition) is 8. The molecule has 118 valence electrons. The largest absolute Gasteiger partial charge is 0.394 e. The maximum Gasteiger partial charge on any atom is 0.220 e. The molecule has 0 saturated carbocycles. The van der Waals surface area contributed by atoms with Gasteiger partial charge in [-0.2, -0.15) is 0 Å². The van der Waals surface area contributed by atoms with Gasteiger partial charge in [-0.3, -0.25) is 4.79 Å². The smallest absolute Gasteiger partial charge is 0.220 e. The van der Waals surface area contributed by atoms with E-state index < -0.39 is 42.4 Å². The first kappa shape index (κ1) is 17.6. The van der Waals surface area contributed by atoms with E-state index in [1.54, 1.807) is 0 Å². The van der Waals surface area contributed by atoms with Crippen molar-refractivity contribution >= 4 is 17.7 Å². The molecule has 6 N–H and O–H groups in total. The van der Waals surface area contributed by atoms with E-state index in [0.29, 0.717) is 5.75 Å². The standard InChI is InChI=1S/C11H21NO7S/c1-5(15)12-6(2-13)4-20-11(12)10(19)9(18)8(17)7(16)3-14/h6-11,13-14,16-19H,2-4H2,1H3/t6-,7+,8+,9-,10-,11-/m1/s1. The van der Waals surface area contributed by atoms with Gasteiger partial charge in [0.05, 0.1) is 19.3 Å². The summed E-state index contributed by atoms with van der Waals surface area (Å²) in [5.74, 6) is 0.0194. The van der Waals surface area contributed by atoms with E-state index in [-0.39, 0.29) is 12.5 Å². The molecule has 0 bridgehead atoms. The van der Waals surface area contributed by atoms with Gasteiger partial charge in [-0.15, -0.1) is 11.8 Å². The van der Waals surface area contributed by atoms with Gasteiger partial charge in [0, 0.05) is 12.7 Å². The van der Waals surface area contributed by atoms with E-state index in [2.05, 4.69) is 0 Å². The molecule has 9 heteroatoms. The van der Waals surface area contributed by atoms with E-state index in [4.69, 9.17) is 5.11 Å². The lowest BCUT2D eigenvalue weighted by Gasteiger charge is -2.34. The molecule has 0 radical (unpaired) electrons. The Bertz CT molecular complexity index is 332. The zero-order valence-corrected chi connectivity index (χ0v) is 11.8. The first-order valence-electron chi connectivity index (χ1n) is 6.19. The minimum Gasteiger partial charge on any atom is -0.394 e. The van der Waals surface area contributed by atoms with Crippen molar-refractivity contribution in [3.8, 4) is 0 Å². The van der Waals surface area contributed by atoms with Crippen LogP contribution in [0.5, 0.6) is 0 Å². The molecular formula is C11H21NO7S. The molecule has 1 aliphatic rings. The molecule has 20 heavy (non-hydrogen) atoms. The van der Waals surface area contributed by atoms with Gasteiger partial charge >= 0.3 is 0 Å². The third-order valence-electron chi connectivity index (χ3n) is 3.27. The Kier molecular flexibility index (Phi) is 6.65. The second kappa shape index (κ2) is 7.55. The molecule has 8 nitrogen and oxygen atoms in total. The van der Waals surface area contributed by atoms with Crippen LogP contribution in [0.3, 0.4) is 0 Å². The number of amides is 1. The van der Waals surface area contributed by atoms with Crippen molar-refractivity contribution in [2.75, 3.05) is 19.0 Å². The van der Waals surface area contributed by atoms with Gasteiger partial charge in [-0.1, -0.05) is 0 Å². The summed E-state index contributed by atoms with van der Waals surface area (Å²) < 4.78 is 0. The van der Waals surface area contributed by atoms with Gasteiger partial charge < -0.3 is 35.5 Å². The number of carbonyl (C=O) groups is 1. The third-order valence-corrected chi connectivity index (χ3v) is 4.70. The van der Waals surface area contributed by atoms with Gasteiger partial charge in [-0.05, 0) is 0 Å². The van der Waals surface area contributed by atoms with Crippen LogP contribution in [-0.4, -0.2) is 96.2 Å². The average molecular weight is 311 g/mol. The molecule has 0 aliphatic carbocycles. The Hall–Kier alpha value is -0.420. The molecule has 1 fully saturated rings. The summed E-state index contributed by atoms with van der Waals surface area (Å²) in [6.07, 6.45) is -6.58. The Morgan fingerprint density at radius 2 is 1.85 bits per heavy atom. The lowest BCUT2D eigenvalue weighted by molar-refractivity contribution is -0.142. The highest BCUT2D eigenvalue weighted by atomic mass is 32.2. The fourth-order valence-corrected chi connectivity index (χ4v) is 3.65. The second-order valence-corrected chi connectivity index (χ2v) is 5.86. The zero-order chi connectivity index (χ0) is 15.4. The predicted octanol–water partition coefficient (Wildman–Crippen LogP) is -3.30. The minimum atomic E-state index is -1.74. The Morgan fingerprint density at radius 1 is 1.25 bits per heavy atom. The number of hydrogen-bond donors (Lipinski definition) is 6. The van der Waals surface area contributed by atoms with E-state index >= 15 is 0 Å². The molecule has 6 atom stereocenters. The summed E-state index contributed by atoms with van der Waals surface area (Å²) >= 11 is 1.16. The second-order valence-electron chi connectivity index (χ2n) is 4.71. The van der Waals surface area contributed by atoms with Crippen LogP contribution in [0.4, 0.5) is 0 Å². The molecule has 1 amide bonds. The van der Waals surface area contributed by atoms with Crippen molar-refractivity contribution in [1.29, 1.82) is 0 Å². The van der Waals surface area contributed by atoms with Gasteiger partial charge in [0.1, 0.15) is 29.8 Å². The summed E-state index contributed by atoms with van der Waals surface area (Å²) in [6.45, 7) is 0.242. The number of thioether (sulfide) groups is 1. The summed E-state index contributed by atoms with van der Waals surface area (Å²) in [7, 11) is 0. The first-order chi connectivity index (χ1) is 9.34. The highest BCUT2D eigenvalue weighted by Gasteiger charge is 2.44. The third kappa shape index (κ3) is 3.61. The highest BCUT2D eigenvalue weighted by Crippen LogP contribution is 2.33. The monoisotopic (exact) mass is 311 g/mol. The maximum atomic E-state index is 11.6. The predicted molar refractivity (Wildman–Crippen MR) is 70.8 cm³/mol. The van der Waals surface area contributed by atoms with Crippen LogP contribution in [0.1, 0.15) is 6.92 Å². The summed E-state index contributed by atoms with van der Waals surface area (Å²) in [5, 5.41) is 55.8. The summed E-state index contributed by atoms with van der Waals surface area (Å²) in [6, 6.07) is -0.468. The number of rotatable bonds is 6. The first-order valence-corrected chi connectivity index (χ1v) is 7.24. The molecule has 0 aromatic rings. The van der Waals surface area contributed by atoms with Gasteiger partial charge in [0.15, 0.2) is 0 Å². The van der Waals surface area contributed by atoms with Crippen molar-refractivity contribution in [2.24, 2.45) is 0 Å². The number of aliphatic hydroxyl groups is 6. The molecule has 0 aromatic heterocycles. The highest BCUT2D eigenvalue weighted by molar-refractivity contribution is 8.00. The number of nitrogens with zero attached hydrogens (tertiary/aromatic N) is 1. The Morgan fingerprint density at radius 3 is 2.30 bits per heavy atom. The Labute approximate surface area is 120 Å². The fourth-order valence-electron chi connectivity index (χ4n) is 2.12. The van der Waals surface area contributed by atoms with Crippen molar-refractivity contribution in [2.45, 2.75) is 42.8 Å². The van der Waals surface area contributed by atoms with Crippen molar-refractivity contribution in [3.63, 3.8) is 0 Å². The van der Waals surface area contributed by atoms with E-state index in [0.717, 1.165) is 11.8 Å². The molecular weight excluding hydrogens is 290 g/mol. The average Bonchev–Trinajstić information content (AvgIpc) is 2.87. The molecule has 1 rings (SSSR count). The van der Waals surface area contributed by atoms with Crippen LogP contribution in [0.15, 0.2) is 0 Å². The quantitative estimate of drug-likeness (QED) is 0.300. The molecule has 1 heterocycles. The zero-order valence-electron chi connectivity index (χ0n) is 11.0.